The zero-order valence-corrected chi connectivity index (χ0v) is 24.7. The molecule has 4 heteroatoms. The highest BCUT2D eigenvalue weighted by Crippen LogP contribution is 2.65. The molecule has 5 atom stereocenters. The van der Waals surface area contributed by atoms with Crippen LogP contribution in [0.4, 0.5) is 0 Å². The number of Topliss-reactive ketones (excluding diaryl/α,β-unsaturated/α-hetero) is 1. The highest BCUT2D eigenvalue weighted by Gasteiger charge is 2.58. The maximum atomic E-state index is 12.8. The Bertz CT molecular complexity index is 960. The van der Waals surface area contributed by atoms with Gasteiger partial charge in [-0.15, -0.1) is 0 Å². The molecule has 202 valence electrons. The molecule has 0 heterocycles. The Hall–Kier alpha value is -1.73. The lowest BCUT2D eigenvalue weighted by Gasteiger charge is -2.59. The largest absolute Gasteiger partial charge is 0.390 e. The number of carbonyl (C=O) groups excluding carboxylic acids is 2. The molecule has 0 bridgehead atoms. The summed E-state index contributed by atoms with van der Waals surface area (Å²) in [6.45, 7) is 21.2. The number of hydrogen-bond donors (Lipinski definition) is 1. The first-order valence-electron chi connectivity index (χ1n) is 14.0. The molecule has 0 spiro atoms. The van der Waals surface area contributed by atoms with E-state index in [4.69, 9.17) is 0 Å². The van der Waals surface area contributed by atoms with E-state index in [-0.39, 0.29) is 45.2 Å². The molecule has 1 N–H and O–H groups in total. The summed E-state index contributed by atoms with van der Waals surface area (Å²) in [5.41, 5.74) is -0.292. The zero-order chi connectivity index (χ0) is 27.7. The highest BCUT2D eigenvalue weighted by molar-refractivity contribution is 6.02. The average Bonchev–Trinajstić information content (AvgIpc) is 2.76. The van der Waals surface area contributed by atoms with Crippen molar-refractivity contribution in [3.05, 3.63) is 23.3 Å². The van der Waals surface area contributed by atoms with Gasteiger partial charge in [-0.25, -0.2) is 0 Å². The maximum Gasteiger partial charge on any atom is 0.176 e. The molecule has 0 aromatic rings. The van der Waals surface area contributed by atoms with Crippen molar-refractivity contribution in [2.45, 2.75) is 126 Å². The smallest absolute Gasteiger partial charge is 0.176 e. The number of rotatable bonds is 10. The van der Waals surface area contributed by atoms with Gasteiger partial charge in [-0.2, -0.15) is 5.26 Å². The van der Waals surface area contributed by atoms with Gasteiger partial charge in [0.25, 0.3) is 0 Å². The second-order valence-corrected chi connectivity index (χ2v) is 14.0. The van der Waals surface area contributed by atoms with E-state index >= 15 is 0 Å². The molecule has 0 radical (unpaired) electrons. The molecular formula is C32H51NO3. The molecule has 0 aromatic heterocycles. The second kappa shape index (κ2) is 10.6. The summed E-state index contributed by atoms with van der Waals surface area (Å²) in [6.07, 6.45) is 11.0. The standard InChI is InChI=1S/C32H51NO3/c1-11-13-28(4,5)15-17-30(8,36)18-16-29(6,7)32(10)14-12-25-23(3)27(35)24(21-33)20-31(25,9)26(32)19-22(2)34/h19-20,23,25,36H,11-18H2,1-10H3/b26-19-/t23-,25-,30-,31-,32+/m0/s1. The van der Waals surface area contributed by atoms with Gasteiger partial charge < -0.3 is 5.11 Å². The summed E-state index contributed by atoms with van der Waals surface area (Å²) in [5.74, 6) is -0.257. The summed E-state index contributed by atoms with van der Waals surface area (Å²) >= 11 is 0. The first-order valence-corrected chi connectivity index (χ1v) is 14.0. The predicted octanol–water partition coefficient (Wildman–Crippen LogP) is 7.76. The molecule has 2 aliphatic carbocycles. The van der Waals surface area contributed by atoms with Gasteiger partial charge in [0.1, 0.15) is 6.07 Å². The Morgan fingerprint density at radius 3 is 2.25 bits per heavy atom. The number of nitrogens with zero attached hydrogens (tertiary/aromatic N) is 1. The second-order valence-electron chi connectivity index (χ2n) is 14.0. The number of fused-ring (bicyclic) bond motifs is 1. The van der Waals surface area contributed by atoms with Crippen LogP contribution in [-0.2, 0) is 9.59 Å². The van der Waals surface area contributed by atoms with Crippen molar-refractivity contribution in [2.24, 2.45) is 33.5 Å². The average molecular weight is 498 g/mol. The lowest BCUT2D eigenvalue weighted by atomic mass is 9.44. The van der Waals surface area contributed by atoms with Crippen LogP contribution in [0.3, 0.4) is 0 Å². The van der Waals surface area contributed by atoms with Crippen molar-refractivity contribution in [1.82, 2.24) is 0 Å². The van der Waals surface area contributed by atoms with Crippen LogP contribution in [0.25, 0.3) is 0 Å². The lowest BCUT2D eigenvalue weighted by molar-refractivity contribution is -0.123. The number of allylic oxidation sites excluding steroid dienone is 4. The molecule has 0 unspecified atom stereocenters. The first-order chi connectivity index (χ1) is 16.4. The molecule has 4 nitrogen and oxygen atoms in total. The fourth-order valence-electron chi connectivity index (χ4n) is 7.13. The Morgan fingerprint density at radius 1 is 1.14 bits per heavy atom. The Labute approximate surface area is 220 Å². The summed E-state index contributed by atoms with van der Waals surface area (Å²) in [4.78, 5) is 25.3. The van der Waals surface area contributed by atoms with E-state index in [0.29, 0.717) is 6.42 Å². The number of carbonyl (C=O) groups is 2. The molecule has 0 aliphatic heterocycles. The van der Waals surface area contributed by atoms with Crippen molar-refractivity contribution in [2.75, 3.05) is 0 Å². The molecule has 2 rings (SSSR count). The van der Waals surface area contributed by atoms with Crippen LogP contribution in [0.15, 0.2) is 23.3 Å². The summed E-state index contributed by atoms with van der Waals surface area (Å²) in [6, 6.07) is 2.13. The van der Waals surface area contributed by atoms with Crippen molar-refractivity contribution >= 4 is 11.6 Å². The third-order valence-corrected chi connectivity index (χ3v) is 10.1. The van der Waals surface area contributed by atoms with Crippen LogP contribution in [0.1, 0.15) is 121 Å². The topological polar surface area (TPSA) is 78.2 Å². The molecule has 2 aliphatic rings. The normalized spacial score (nSPS) is 31.9. The number of hydrogen-bond acceptors (Lipinski definition) is 4. The van der Waals surface area contributed by atoms with Gasteiger partial charge in [0.2, 0.25) is 0 Å². The summed E-state index contributed by atoms with van der Waals surface area (Å²) in [7, 11) is 0. The minimum Gasteiger partial charge on any atom is -0.390 e. The van der Waals surface area contributed by atoms with Gasteiger partial charge in [0.15, 0.2) is 11.6 Å². The van der Waals surface area contributed by atoms with E-state index < -0.39 is 11.0 Å². The minimum absolute atomic E-state index is 0.00415. The molecule has 0 aromatic carbocycles. The van der Waals surface area contributed by atoms with Gasteiger partial charge >= 0.3 is 0 Å². The lowest BCUT2D eigenvalue weighted by Crippen LogP contribution is -2.52. The Morgan fingerprint density at radius 2 is 1.72 bits per heavy atom. The fourth-order valence-corrected chi connectivity index (χ4v) is 7.13. The van der Waals surface area contributed by atoms with Crippen LogP contribution < -0.4 is 0 Å². The van der Waals surface area contributed by atoms with Crippen LogP contribution in [0.2, 0.25) is 0 Å². The van der Waals surface area contributed by atoms with Gasteiger partial charge in [-0.3, -0.25) is 9.59 Å². The van der Waals surface area contributed by atoms with Gasteiger partial charge in [0, 0.05) is 11.3 Å². The van der Waals surface area contributed by atoms with Crippen molar-refractivity contribution < 1.29 is 14.7 Å². The monoisotopic (exact) mass is 497 g/mol. The quantitative estimate of drug-likeness (QED) is 0.313. The van der Waals surface area contributed by atoms with Crippen LogP contribution in [0.5, 0.6) is 0 Å². The molecule has 36 heavy (non-hydrogen) atoms. The molecule has 0 saturated heterocycles. The van der Waals surface area contributed by atoms with Crippen molar-refractivity contribution in [1.29, 1.82) is 5.26 Å². The highest BCUT2D eigenvalue weighted by atomic mass is 16.3. The maximum absolute atomic E-state index is 12.8. The van der Waals surface area contributed by atoms with E-state index in [9.17, 15) is 20.0 Å². The van der Waals surface area contributed by atoms with Crippen LogP contribution >= 0.6 is 0 Å². The van der Waals surface area contributed by atoms with Crippen molar-refractivity contribution in [3.8, 4) is 6.07 Å². The molecule has 0 amide bonds. The Kier molecular flexibility index (Phi) is 8.95. The van der Waals surface area contributed by atoms with Gasteiger partial charge in [-0.1, -0.05) is 73.5 Å². The number of ketones is 2. The van der Waals surface area contributed by atoms with Crippen LogP contribution in [-0.4, -0.2) is 22.3 Å². The van der Waals surface area contributed by atoms with E-state index in [2.05, 4.69) is 54.5 Å². The van der Waals surface area contributed by atoms with E-state index in [1.807, 2.05) is 19.9 Å². The van der Waals surface area contributed by atoms with E-state index in [1.54, 1.807) is 13.0 Å². The third-order valence-electron chi connectivity index (χ3n) is 10.1. The van der Waals surface area contributed by atoms with Gasteiger partial charge in [0.05, 0.1) is 11.2 Å². The summed E-state index contributed by atoms with van der Waals surface area (Å²) < 4.78 is 0. The molecule has 1 fully saturated rings. The zero-order valence-electron chi connectivity index (χ0n) is 24.7. The molecular weight excluding hydrogens is 446 g/mol. The van der Waals surface area contributed by atoms with Crippen molar-refractivity contribution in [3.63, 3.8) is 0 Å². The Balaban J connectivity index is 2.40. The number of aliphatic hydroxyl groups is 1. The van der Waals surface area contributed by atoms with E-state index in [1.165, 1.54) is 0 Å². The minimum atomic E-state index is -0.746. The fraction of sp³-hybridized carbons (Fsp3) is 0.781. The van der Waals surface area contributed by atoms with Crippen LogP contribution in [0, 0.1) is 44.8 Å². The van der Waals surface area contributed by atoms with E-state index in [0.717, 1.165) is 50.5 Å². The van der Waals surface area contributed by atoms with Gasteiger partial charge in [-0.05, 0) is 87.0 Å². The summed E-state index contributed by atoms with van der Waals surface area (Å²) in [5, 5.41) is 21.0. The third kappa shape index (κ3) is 6.04. The molecule has 1 saturated carbocycles. The predicted molar refractivity (Wildman–Crippen MR) is 147 cm³/mol. The number of nitriles is 1. The first kappa shape index (κ1) is 30.5. The SMILES string of the molecule is CCCC(C)(C)CC[C@](C)(O)CCC(C)(C)[C@]1(C)CC[C@H]2[C@H](C)C(=O)C(C#N)=C[C@]2(C)/C1=C/C(C)=O.